The number of halogens is 2. The maximum atomic E-state index is 13.2. The summed E-state index contributed by atoms with van der Waals surface area (Å²) in [7, 11) is 0. The molecule has 0 atom stereocenters. The summed E-state index contributed by atoms with van der Waals surface area (Å²) in [5.41, 5.74) is 1.64. The van der Waals surface area contributed by atoms with E-state index in [4.69, 9.17) is 0 Å². The molecular formula is C13H16BrFN4. The van der Waals surface area contributed by atoms with E-state index in [2.05, 4.69) is 45.4 Å². The van der Waals surface area contributed by atoms with Crippen molar-refractivity contribution in [1.82, 2.24) is 20.3 Å². The van der Waals surface area contributed by atoms with Crippen LogP contribution >= 0.6 is 15.9 Å². The molecule has 1 aromatic carbocycles. The van der Waals surface area contributed by atoms with E-state index in [-0.39, 0.29) is 5.82 Å². The maximum Gasteiger partial charge on any atom is 0.137 e. The number of nitrogens with one attached hydrogen (secondary N) is 1. The van der Waals surface area contributed by atoms with Gasteiger partial charge in [-0.25, -0.2) is 9.07 Å². The van der Waals surface area contributed by atoms with E-state index in [1.165, 1.54) is 6.07 Å². The van der Waals surface area contributed by atoms with Gasteiger partial charge in [0.05, 0.1) is 22.1 Å². The first-order valence-electron chi connectivity index (χ1n) is 6.13. The van der Waals surface area contributed by atoms with E-state index in [0.717, 1.165) is 17.9 Å². The van der Waals surface area contributed by atoms with Crippen molar-refractivity contribution in [2.45, 2.75) is 20.4 Å². The molecule has 1 N–H and O–H groups in total. The fourth-order valence-corrected chi connectivity index (χ4v) is 1.99. The minimum Gasteiger partial charge on any atom is -0.311 e. The molecule has 0 spiro atoms. The Kier molecular flexibility index (Phi) is 4.66. The summed E-state index contributed by atoms with van der Waals surface area (Å²) in [6.45, 7) is 5.93. The van der Waals surface area contributed by atoms with Crippen LogP contribution in [0.3, 0.4) is 0 Å². The molecule has 0 unspecified atom stereocenters. The van der Waals surface area contributed by atoms with Gasteiger partial charge in [-0.1, -0.05) is 19.1 Å². The van der Waals surface area contributed by atoms with Crippen LogP contribution in [-0.4, -0.2) is 21.5 Å². The van der Waals surface area contributed by atoms with Crippen molar-refractivity contribution in [3.05, 3.63) is 40.4 Å². The minimum absolute atomic E-state index is 0.289. The van der Waals surface area contributed by atoms with Crippen LogP contribution in [0.25, 0.3) is 5.69 Å². The van der Waals surface area contributed by atoms with Crippen molar-refractivity contribution in [2.24, 2.45) is 5.92 Å². The van der Waals surface area contributed by atoms with Gasteiger partial charge >= 0.3 is 0 Å². The van der Waals surface area contributed by atoms with Crippen molar-refractivity contribution < 1.29 is 4.39 Å². The quantitative estimate of drug-likeness (QED) is 0.918. The Balaban J connectivity index is 2.05. The van der Waals surface area contributed by atoms with Gasteiger partial charge in [-0.15, -0.1) is 5.10 Å². The zero-order chi connectivity index (χ0) is 13.8. The maximum absolute atomic E-state index is 13.2. The van der Waals surface area contributed by atoms with E-state index >= 15 is 0 Å². The van der Waals surface area contributed by atoms with Gasteiger partial charge in [-0.3, -0.25) is 0 Å². The van der Waals surface area contributed by atoms with Crippen LogP contribution in [0.4, 0.5) is 4.39 Å². The Labute approximate surface area is 120 Å². The van der Waals surface area contributed by atoms with E-state index in [0.29, 0.717) is 16.9 Å². The summed E-state index contributed by atoms with van der Waals surface area (Å²) in [6.07, 6.45) is 1.84. The summed E-state index contributed by atoms with van der Waals surface area (Å²) >= 11 is 3.16. The van der Waals surface area contributed by atoms with Gasteiger partial charge in [0.2, 0.25) is 0 Å². The summed E-state index contributed by atoms with van der Waals surface area (Å²) in [4.78, 5) is 0. The van der Waals surface area contributed by atoms with Crippen molar-refractivity contribution in [3.8, 4) is 5.69 Å². The highest BCUT2D eigenvalue weighted by atomic mass is 79.9. The summed E-state index contributed by atoms with van der Waals surface area (Å²) in [5, 5.41) is 11.4. The molecule has 0 radical (unpaired) electrons. The molecule has 19 heavy (non-hydrogen) atoms. The van der Waals surface area contributed by atoms with Crippen LogP contribution in [0.15, 0.2) is 28.9 Å². The highest BCUT2D eigenvalue weighted by molar-refractivity contribution is 9.10. The smallest absolute Gasteiger partial charge is 0.137 e. The van der Waals surface area contributed by atoms with E-state index in [9.17, 15) is 4.39 Å². The molecule has 6 heteroatoms. The van der Waals surface area contributed by atoms with E-state index in [1.54, 1.807) is 16.8 Å². The standard InChI is InChI=1S/C13H16BrFN4/c1-9(2)6-16-7-10-8-19(18-17-10)11-3-4-13(15)12(14)5-11/h3-5,8-9,16H,6-7H2,1-2H3. The average Bonchev–Trinajstić information content (AvgIpc) is 2.81. The zero-order valence-corrected chi connectivity index (χ0v) is 12.5. The lowest BCUT2D eigenvalue weighted by molar-refractivity contribution is 0.548. The summed E-state index contributed by atoms with van der Waals surface area (Å²) < 4.78 is 15.2. The molecule has 2 aromatic rings. The minimum atomic E-state index is -0.289. The van der Waals surface area contributed by atoms with Gasteiger partial charge < -0.3 is 5.32 Å². The fraction of sp³-hybridized carbons (Fsp3) is 0.385. The lowest BCUT2D eigenvalue weighted by Crippen LogP contribution is -2.19. The third kappa shape index (κ3) is 3.84. The molecule has 1 aromatic heterocycles. The van der Waals surface area contributed by atoms with Crippen LogP contribution in [0, 0.1) is 11.7 Å². The third-order valence-corrected chi connectivity index (χ3v) is 3.17. The Morgan fingerprint density at radius 3 is 2.89 bits per heavy atom. The molecule has 1 heterocycles. The van der Waals surface area contributed by atoms with Crippen molar-refractivity contribution in [2.75, 3.05) is 6.54 Å². The van der Waals surface area contributed by atoms with Crippen LogP contribution in [0.5, 0.6) is 0 Å². The van der Waals surface area contributed by atoms with Gasteiger partial charge in [0.25, 0.3) is 0 Å². The Morgan fingerprint density at radius 1 is 1.42 bits per heavy atom. The third-order valence-electron chi connectivity index (χ3n) is 2.57. The summed E-state index contributed by atoms with van der Waals surface area (Å²) in [6, 6.07) is 4.74. The van der Waals surface area contributed by atoms with Crippen LogP contribution in [0.1, 0.15) is 19.5 Å². The molecule has 4 nitrogen and oxygen atoms in total. The highest BCUT2D eigenvalue weighted by Crippen LogP contribution is 2.18. The largest absolute Gasteiger partial charge is 0.311 e. The molecule has 0 aliphatic rings. The Morgan fingerprint density at radius 2 is 2.21 bits per heavy atom. The Bertz CT molecular complexity index is 553. The fourth-order valence-electron chi connectivity index (χ4n) is 1.62. The molecule has 2 rings (SSSR count). The molecule has 0 aliphatic heterocycles. The summed E-state index contributed by atoms with van der Waals surface area (Å²) in [5.74, 6) is 0.311. The van der Waals surface area contributed by atoms with Crippen LogP contribution < -0.4 is 5.32 Å². The number of benzene rings is 1. The highest BCUT2D eigenvalue weighted by Gasteiger charge is 2.05. The normalized spacial score (nSPS) is 11.2. The van der Waals surface area contributed by atoms with Gasteiger partial charge in [0.15, 0.2) is 0 Å². The second-order valence-corrected chi connectivity index (χ2v) is 5.63. The number of hydrogen-bond acceptors (Lipinski definition) is 3. The molecule has 0 saturated carbocycles. The number of hydrogen-bond donors (Lipinski definition) is 1. The number of nitrogens with zero attached hydrogens (tertiary/aromatic N) is 3. The molecule has 0 saturated heterocycles. The monoisotopic (exact) mass is 326 g/mol. The lowest BCUT2D eigenvalue weighted by atomic mass is 10.2. The molecule has 0 amide bonds. The molecule has 0 bridgehead atoms. The predicted molar refractivity (Wildman–Crippen MR) is 75.6 cm³/mol. The molecule has 0 fully saturated rings. The zero-order valence-electron chi connectivity index (χ0n) is 10.9. The van der Waals surface area contributed by atoms with Gasteiger partial charge in [0, 0.05) is 6.54 Å². The average molecular weight is 327 g/mol. The topological polar surface area (TPSA) is 42.7 Å². The SMILES string of the molecule is CC(C)CNCc1cn(-c2ccc(F)c(Br)c2)nn1. The van der Waals surface area contributed by atoms with Crippen LogP contribution in [-0.2, 0) is 6.54 Å². The van der Waals surface area contributed by atoms with Crippen LogP contribution in [0.2, 0.25) is 0 Å². The van der Waals surface area contributed by atoms with E-state index < -0.39 is 0 Å². The second kappa shape index (κ2) is 6.25. The predicted octanol–water partition coefficient (Wildman–Crippen LogP) is 2.91. The van der Waals surface area contributed by atoms with Gasteiger partial charge in [-0.05, 0) is 46.6 Å². The first kappa shape index (κ1) is 14.1. The van der Waals surface area contributed by atoms with Crippen molar-refractivity contribution in [3.63, 3.8) is 0 Å². The van der Waals surface area contributed by atoms with Crippen molar-refractivity contribution in [1.29, 1.82) is 0 Å². The first-order chi connectivity index (χ1) is 9.06. The van der Waals surface area contributed by atoms with Crippen molar-refractivity contribution >= 4 is 15.9 Å². The van der Waals surface area contributed by atoms with E-state index in [1.807, 2.05) is 6.20 Å². The first-order valence-corrected chi connectivity index (χ1v) is 6.93. The molecule has 102 valence electrons. The lowest BCUT2D eigenvalue weighted by Gasteiger charge is -2.04. The van der Waals surface area contributed by atoms with Gasteiger partial charge in [0.1, 0.15) is 5.82 Å². The van der Waals surface area contributed by atoms with Gasteiger partial charge in [-0.2, -0.15) is 0 Å². The second-order valence-electron chi connectivity index (χ2n) is 4.78. The number of rotatable bonds is 5. The molecule has 0 aliphatic carbocycles. The number of aromatic nitrogens is 3. The molecular weight excluding hydrogens is 311 g/mol. The Hall–Kier alpha value is -1.27.